The number of hydrogen-bond donors (Lipinski definition) is 1. The molecule has 1 rings (SSSR count). The number of anilines is 1. The van der Waals surface area contributed by atoms with Gasteiger partial charge in [0.25, 0.3) is 0 Å². The summed E-state index contributed by atoms with van der Waals surface area (Å²) in [5.41, 5.74) is 0.818. The molecule has 0 spiro atoms. The van der Waals surface area contributed by atoms with Crippen molar-refractivity contribution in [1.29, 1.82) is 0 Å². The van der Waals surface area contributed by atoms with Crippen molar-refractivity contribution in [2.75, 3.05) is 5.32 Å². The van der Waals surface area contributed by atoms with Gasteiger partial charge in [-0.15, -0.1) is 0 Å². The number of aromatic nitrogens is 1. The molecule has 1 unspecified atom stereocenters. The Morgan fingerprint density at radius 1 is 1.50 bits per heavy atom. The highest BCUT2D eigenvalue weighted by Gasteiger charge is 2.18. The summed E-state index contributed by atoms with van der Waals surface area (Å²) in [5.74, 6) is 0.335. The molecule has 18 heavy (non-hydrogen) atoms. The van der Waals surface area contributed by atoms with Crippen LogP contribution in [0.1, 0.15) is 40.5 Å². The summed E-state index contributed by atoms with van der Waals surface area (Å²) in [5, 5.41) is 3.31. The fraction of sp³-hybridized carbons (Fsp3) is 0.571. The molecule has 0 aliphatic rings. The van der Waals surface area contributed by atoms with Gasteiger partial charge in [-0.3, -0.25) is 9.78 Å². The molecule has 0 aliphatic carbocycles. The van der Waals surface area contributed by atoms with E-state index in [1.54, 1.807) is 18.5 Å². The van der Waals surface area contributed by atoms with E-state index in [0.29, 0.717) is 23.0 Å². The predicted octanol–water partition coefficient (Wildman–Crippen LogP) is 4.14. The normalized spacial score (nSPS) is 13.2. The maximum Gasteiger partial charge on any atom is 0.224 e. The molecule has 0 aliphatic heterocycles. The first-order valence-electron chi connectivity index (χ1n) is 6.17. The molecule has 1 amide bonds. The van der Waals surface area contributed by atoms with Crippen LogP contribution in [0, 0.1) is 11.3 Å². The second-order valence-corrected chi connectivity index (χ2v) is 6.38. The Balaban J connectivity index is 2.50. The third-order valence-corrected chi connectivity index (χ3v) is 2.87. The second-order valence-electron chi connectivity index (χ2n) is 5.98. The second kappa shape index (κ2) is 6.19. The molecule has 1 atom stereocenters. The predicted molar refractivity (Wildman–Crippen MR) is 75.7 cm³/mol. The highest BCUT2D eigenvalue weighted by atomic mass is 35.5. The van der Waals surface area contributed by atoms with Gasteiger partial charge in [0, 0.05) is 12.6 Å². The zero-order valence-electron chi connectivity index (χ0n) is 11.5. The first-order chi connectivity index (χ1) is 8.28. The number of rotatable bonds is 4. The summed E-state index contributed by atoms with van der Waals surface area (Å²) >= 11 is 5.96. The lowest BCUT2D eigenvalue weighted by atomic mass is 9.84. The lowest BCUT2D eigenvalue weighted by Gasteiger charge is -2.22. The molecule has 1 heterocycles. The van der Waals surface area contributed by atoms with E-state index < -0.39 is 0 Å². The first kappa shape index (κ1) is 15.0. The number of nitrogens with zero attached hydrogens (tertiary/aromatic N) is 1. The number of carbonyl (C=O) groups excluding carboxylic acids is 1. The van der Waals surface area contributed by atoms with Crippen LogP contribution in [0.3, 0.4) is 0 Å². The average Bonchev–Trinajstić information content (AvgIpc) is 2.18. The summed E-state index contributed by atoms with van der Waals surface area (Å²) < 4.78 is 0. The molecule has 0 saturated carbocycles. The van der Waals surface area contributed by atoms with E-state index in [2.05, 4.69) is 38.0 Å². The lowest BCUT2D eigenvalue weighted by Crippen LogP contribution is -2.19. The Labute approximate surface area is 114 Å². The third-order valence-electron chi connectivity index (χ3n) is 2.54. The van der Waals surface area contributed by atoms with E-state index in [1.165, 1.54) is 0 Å². The first-order valence-corrected chi connectivity index (χ1v) is 6.55. The summed E-state index contributed by atoms with van der Waals surface area (Å²) in [6.45, 7) is 8.63. The topological polar surface area (TPSA) is 42.0 Å². The molecule has 100 valence electrons. The van der Waals surface area contributed by atoms with Crippen molar-refractivity contribution in [3.05, 3.63) is 23.5 Å². The zero-order valence-corrected chi connectivity index (χ0v) is 12.2. The number of hydrogen-bond acceptors (Lipinski definition) is 2. The largest absolute Gasteiger partial charge is 0.323 e. The Bertz CT molecular complexity index is 413. The Morgan fingerprint density at radius 3 is 2.72 bits per heavy atom. The highest BCUT2D eigenvalue weighted by molar-refractivity contribution is 6.33. The molecule has 0 bridgehead atoms. The quantitative estimate of drug-likeness (QED) is 0.892. The van der Waals surface area contributed by atoms with Crippen molar-refractivity contribution in [3.8, 4) is 0 Å². The van der Waals surface area contributed by atoms with Crippen molar-refractivity contribution < 1.29 is 4.79 Å². The number of nitrogens with one attached hydrogen (secondary N) is 1. The van der Waals surface area contributed by atoms with Crippen LogP contribution >= 0.6 is 11.6 Å². The molecule has 1 N–H and O–H groups in total. The fourth-order valence-electron chi connectivity index (χ4n) is 2.10. The van der Waals surface area contributed by atoms with Crippen molar-refractivity contribution in [1.82, 2.24) is 4.98 Å². The van der Waals surface area contributed by atoms with Crippen LogP contribution in [0.15, 0.2) is 18.5 Å². The number of amides is 1. The number of pyridine rings is 1. The van der Waals surface area contributed by atoms with Crippen LogP contribution in [0.25, 0.3) is 0 Å². The zero-order chi connectivity index (χ0) is 13.8. The van der Waals surface area contributed by atoms with Gasteiger partial charge in [-0.05, 0) is 23.8 Å². The van der Waals surface area contributed by atoms with Gasteiger partial charge in [-0.1, -0.05) is 39.3 Å². The molecule has 4 heteroatoms. The number of carbonyl (C=O) groups is 1. The monoisotopic (exact) mass is 268 g/mol. The average molecular weight is 269 g/mol. The van der Waals surface area contributed by atoms with Crippen LogP contribution in [-0.4, -0.2) is 10.9 Å². The van der Waals surface area contributed by atoms with Gasteiger partial charge in [0.05, 0.1) is 16.9 Å². The van der Waals surface area contributed by atoms with Crippen LogP contribution < -0.4 is 5.32 Å². The lowest BCUT2D eigenvalue weighted by molar-refractivity contribution is -0.117. The molecule has 1 aromatic rings. The van der Waals surface area contributed by atoms with E-state index in [-0.39, 0.29) is 11.3 Å². The van der Waals surface area contributed by atoms with E-state index in [0.717, 1.165) is 6.42 Å². The summed E-state index contributed by atoms with van der Waals surface area (Å²) in [6, 6.07) is 1.66. The maximum absolute atomic E-state index is 11.9. The molecule has 3 nitrogen and oxygen atoms in total. The molecular formula is C14H21ClN2O. The Morgan fingerprint density at radius 2 is 2.17 bits per heavy atom. The van der Waals surface area contributed by atoms with Crippen LogP contribution in [0.5, 0.6) is 0 Å². The molecule has 0 fully saturated rings. The summed E-state index contributed by atoms with van der Waals surface area (Å²) in [6.07, 6.45) is 4.68. The highest BCUT2D eigenvalue weighted by Crippen LogP contribution is 2.26. The smallest absolute Gasteiger partial charge is 0.224 e. The number of halogens is 1. The van der Waals surface area contributed by atoms with Crippen LogP contribution in [0.2, 0.25) is 5.02 Å². The molecule has 0 radical (unpaired) electrons. The van der Waals surface area contributed by atoms with Gasteiger partial charge in [0.2, 0.25) is 5.91 Å². The molecule has 1 aromatic heterocycles. The minimum Gasteiger partial charge on any atom is -0.323 e. The van der Waals surface area contributed by atoms with E-state index in [1.807, 2.05) is 0 Å². The van der Waals surface area contributed by atoms with Gasteiger partial charge in [0.1, 0.15) is 0 Å². The van der Waals surface area contributed by atoms with Crippen LogP contribution in [-0.2, 0) is 4.79 Å². The fourth-order valence-corrected chi connectivity index (χ4v) is 2.26. The minimum absolute atomic E-state index is 0.0124. The van der Waals surface area contributed by atoms with Gasteiger partial charge in [-0.2, -0.15) is 0 Å². The molecular weight excluding hydrogens is 248 g/mol. The van der Waals surface area contributed by atoms with Gasteiger partial charge < -0.3 is 5.32 Å². The standard InChI is InChI=1S/C14H21ClN2O/c1-10(8-14(2,3)4)7-13(18)17-12-9-16-6-5-11(12)15/h5-6,9-10H,7-8H2,1-4H3,(H,17,18). The van der Waals surface area contributed by atoms with Crippen molar-refractivity contribution >= 4 is 23.2 Å². The van der Waals surface area contributed by atoms with Crippen LogP contribution in [0.4, 0.5) is 5.69 Å². The molecule has 0 aromatic carbocycles. The van der Waals surface area contributed by atoms with E-state index >= 15 is 0 Å². The third kappa shape index (κ3) is 5.50. The summed E-state index contributed by atoms with van der Waals surface area (Å²) in [7, 11) is 0. The van der Waals surface area contributed by atoms with Gasteiger partial charge in [-0.25, -0.2) is 0 Å². The van der Waals surface area contributed by atoms with Gasteiger partial charge in [0.15, 0.2) is 0 Å². The SMILES string of the molecule is CC(CC(=O)Nc1cnccc1Cl)CC(C)(C)C. The van der Waals surface area contributed by atoms with Crippen molar-refractivity contribution in [2.45, 2.75) is 40.5 Å². The Kier molecular flexibility index (Phi) is 5.15. The Hall–Kier alpha value is -1.09. The van der Waals surface area contributed by atoms with Gasteiger partial charge >= 0.3 is 0 Å². The van der Waals surface area contributed by atoms with E-state index in [9.17, 15) is 4.79 Å². The molecule has 0 saturated heterocycles. The van der Waals surface area contributed by atoms with Crippen molar-refractivity contribution in [2.24, 2.45) is 11.3 Å². The summed E-state index contributed by atoms with van der Waals surface area (Å²) in [4.78, 5) is 15.8. The van der Waals surface area contributed by atoms with E-state index in [4.69, 9.17) is 11.6 Å². The minimum atomic E-state index is -0.0124. The maximum atomic E-state index is 11.9. The van der Waals surface area contributed by atoms with Crippen molar-refractivity contribution in [3.63, 3.8) is 0 Å².